The summed E-state index contributed by atoms with van der Waals surface area (Å²) in [6, 6.07) is 2.15. The van der Waals surface area contributed by atoms with E-state index in [9.17, 15) is 4.79 Å². The van der Waals surface area contributed by atoms with Crippen molar-refractivity contribution in [1.29, 1.82) is 0 Å². The molecule has 1 atom stereocenters. The number of nitrogens with one attached hydrogen (secondary N) is 2. The first-order valence-electron chi connectivity index (χ1n) is 7.11. The first-order valence-corrected chi connectivity index (χ1v) is 7.11. The lowest BCUT2D eigenvalue weighted by Crippen LogP contribution is -2.33. The largest absolute Gasteiger partial charge is 0.385 e. The topological polar surface area (TPSA) is 54.0 Å². The number of aromatic nitrogens is 1. The molecule has 1 unspecified atom stereocenters. The standard InChI is InChI=1S/C15H23N3O/c1-4-16-14-8-10(2)17-9-13(14)15(19)18-11(3)7-12-5-6-12/h8-9,11-12H,4-7H2,1-3H3,(H,16,17)(H,18,19). The van der Waals surface area contributed by atoms with Crippen LogP contribution in [-0.4, -0.2) is 23.5 Å². The first-order chi connectivity index (χ1) is 9.10. The molecule has 1 saturated carbocycles. The van der Waals surface area contributed by atoms with Gasteiger partial charge in [-0.2, -0.15) is 0 Å². The van der Waals surface area contributed by atoms with Gasteiger partial charge in [0.2, 0.25) is 0 Å². The molecule has 0 spiro atoms. The van der Waals surface area contributed by atoms with Crippen LogP contribution in [0, 0.1) is 12.8 Å². The maximum absolute atomic E-state index is 12.3. The van der Waals surface area contributed by atoms with E-state index < -0.39 is 0 Å². The maximum atomic E-state index is 12.3. The number of nitrogens with zero attached hydrogens (tertiary/aromatic N) is 1. The Labute approximate surface area is 115 Å². The minimum atomic E-state index is -0.0309. The number of carbonyl (C=O) groups excluding carboxylic acids is 1. The minimum Gasteiger partial charge on any atom is -0.385 e. The molecule has 1 aliphatic carbocycles. The van der Waals surface area contributed by atoms with E-state index in [1.165, 1.54) is 12.8 Å². The van der Waals surface area contributed by atoms with Gasteiger partial charge in [0.1, 0.15) is 0 Å². The molecule has 1 heterocycles. The van der Waals surface area contributed by atoms with Crippen LogP contribution in [0.4, 0.5) is 5.69 Å². The van der Waals surface area contributed by atoms with Crippen molar-refractivity contribution >= 4 is 11.6 Å². The van der Waals surface area contributed by atoms with Gasteiger partial charge < -0.3 is 10.6 Å². The molecule has 1 fully saturated rings. The summed E-state index contributed by atoms with van der Waals surface area (Å²) in [5.74, 6) is 0.788. The number of aryl methyl sites for hydroxylation is 1. The van der Waals surface area contributed by atoms with E-state index >= 15 is 0 Å². The van der Waals surface area contributed by atoms with Crippen molar-refractivity contribution in [3.63, 3.8) is 0 Å². The third-order valence-corrected chi connectivity index (χ3v) is 3.41. The van der Waals surface area contributed by atoms with Gasteiger partial charge in [0, 0.05) is 24.5 Å². The van der Waals surface area contributed by atoms with Crippen LogP contribution in [0.5, 0.6) is 0 Å². The molecule has 104 valence electrons. The van der Waals surface area contributed by atoms with E-state index in [1.54, 1.807) is 6.20 Å². The summed E-state index contributed by atoms with van der Waals surface area (Å²) in [7, 11) is 0. The van der Waals surface area contributed by atoms with Gasteiger partial charge in [-0.25, -0.2) is 0 Å². The number of carbonyl (C=O) groups is 1. The van der Waals surface area contributed by atoms with Crippen molar-refractivity contribution < 1.29 is 4.79 Å². The number of amides is 1. The van der Waals surface area contributed by atoms with Gasteiger partial charge in [0.05, 0.1) is 11.3 Å². The molecule has 2 N–H and O–H groups in total. The normalized spacial score (nSPS) is 15.9. The van der Waals surface area contributed by atoms with Gasteiger partial charge >= 0.3 is 0 Å². The van der Waals surface area contributed by atoms with Gasteiger partial charge in [-0.05, 0) is 39.2 Å². The van der Waals surface area contributed by atoms with E-state index in [1.807, 2.05) is 19.9 Å². The molecule has 0 aromatic carbocycles. The molecular weight excluding hydrogens is 238 g/mol. The summed E-state index contributed by atoms with van der Waals surface area (Å²) in [4.78, 5) is 16.5. The van der Waals surface area contributed by atoms with E-state index in [2.05, 4.69) is 22.5 Å². The molecule has 0 saturated heterocycles. The molecule has 1 aromatic rings. The number of rotatable bonds is 6. The molecule has 2 rings (SSSR count). The highest BCUT2D eigenvalue weighted by atomic mass is 16.1. The van der Waals surface area contributed by atoms with Crippen molar-refractivity contribution in [3.05, 3.63) is 23.5 Å². The van der Waals surface area contributed by atoms with Crippen LogP contribution >= 0.6 is 0 Å². The Bertz CT molecular complexity index is 455. The van der Waals surface area contributed by atoms with E-state index in [0.29, 0.717) is 5.56 Å². The van der Waals surface area contributed by atoms with Crippen molar-refractivity contribution in [2.24, 2.45) is 5.92 Å². The highest BCUT2D eigenvalue weighted by Crippen LogP contribution is 2.33. The fourth-order valence-corrected chi connectivity index (χ4v) is 2.29. The fourth-order valence-electron chi connectivity index (χ4n) is 2.29. The summed E-state index contributed by atoms with van der Waals surface area (Å²) in [6.45, 7) is 6.82. The fraction of sp³-hybridized carbons (Fsp3) is 0.600. The third kappa shape index (κ3) is 3.94. The molecule has 1 amide bonds. The van der Waals surface area contributed by atoms with Gasteiger partial charge in [-0.15, -0.1) is 0 Å². The Morgan fingerprint density at radius 1 is 1.53 bits per heavy atom. The molecule has 1 aliphatic rings. The second-order valence-electron chi connectivity index (χ2n) is 5.46. The van der Waals surface area contributed by atoms with Gasteiger partial charge in [-0.1, -0.05) is 12.8 Å². The Kier molecular flexibility index (Phi) is 4.40. The Morgan fingerprint density at radius 2 is 2.26 bits per heavy atom. The number of anilines is 1. The predicted octanol–water partition coefficient (Wildman–Crippen LogP) is 2.74. The molecular formula is C15H23N3O. The van der Waals surface area contributed by atoms with Crippen molar-refractivity contribution in [2.45, 2.75) is 46.1 Å². The molecule has 4 nitrogen and oxygen atoms in total. The quantitative estimate of drug-likeness (QED) is 0.828. The van der Waals surface area contributed by atoms with Crippen molar-refractivity contribution in [1.82, 2.24) is 10.3 Å². The summed E-state index contributed by atoms with van der Waals surface area (Å²) in [5, 5.41) is 6.29. The van der Waals surface area contributed by atoms with Crippen LogP contribution in [0.25, 0.3) is 0 Å². The zero-order valence-corrected chi connectivity index (χ0v) is 12.0. The average Bonchev–Trinajstić information content (AvgIpc) is 3.13. The average molecular weight is 261 g/mol. The zero-order chi connectivity index (χ0) is 13.8. The van der Waals surface area contributed by atoms with Crippen LogP contribution in [0.3, 0.4) is 0 Å². The van der Waals surface area contributed by atoms with Crippen LogP contribution in [0.15, 0.2) is 12.3 Å². The molecule has 0 radical (unpaired) electrons. The number of hydrogen-bond donors (Lipinski definition) is 2. The number of pyridine rings is 1. The Hall–Kier alpha value is -1.58. The summed E-state index contributed by atoms with van der Waals surface area (Å²) in [5.41, 5.74) is 2.42. The Balaban J connectivity index is 2.04. The SMILES string of the molecule is CCNc1cc(C)ncc1C(=O)NC(C)CC1CC1. The molecule has 19 heavy (non-hydrogen) atoms. The first kappa shape index (κ1) is 13.8. The lowest BCUT2D eigenvalue weighted by molar-refractivity contribution is 0.0938. The van der Waals surface area contributed by atoms with Crippen LogP contribution in [0.1, 0.15) is 49.2 Å². The monoisotopic (exact) mass is 261 g/mol. The van der Waals surface area contributed by atoms with Crippen LogP contribution in [-0.2, 0) is 0 Å². The predicted molar refractivity (Wildman–Crippen MR) is 77.4 cm³/mol. The lowest BCUT2D eigenvalue weighted by atomic mass is 10.1. The number of hydrogen-bond acceptors (Lipinski definition) is 3. The molecule has 1 aromatic heterocycles. The molecule has 0 aliphatic heterocycles. The van der Waals surface area contributed by atoms with Crippen molar-refractivity contribution in [2.75, 3.05) is 11.9 Å². The minimum absolute atomic E-state index is 0.0309. The highest BCUT2D eigenvalue weighted by Gasteiger charge is 2.24. The smallest absolute Gasteiger partial charge is 0.255 e. The summed E-state index contributed by atoms with van der Waals surface area (Å²) in [6.07, 6.45) is 5.37. The second kappa shape index (κ2) is 6.04. The maximum Gasteiger partial charge on any atom is 0.255 e. The Morgan fingerprint density at radius 3 is 2.89 bits per heavy atom. The summed E-state index contributed by atoms with van der Waals surface area (Å²) < 4.78 is 0. The summed E-state index contributed by atoms with van der Waals surface area (Å²) >= 11 is 0. The van der Waals surface area contributed by atoms with Gasteiger partial charge in [-0.3, -0.25) is 9.78 Å². The zero-order valence-electron chi connectivity index (χ0n) is 12.0. The van der Waals surface area contributed by atoms with Gasteiger partial charge in [0.15, 0.2) is 0 Å². The molecule has 0 bridgehead atoms. The van der Waals surface area contributed by atoms with E-state index in [4.69, 9.17) is 0 Å². The highest BCUT2D eigenvalue weighted by molar-refractivity contribution is 5.99. The molecule has 4 heteroatoms. The van der Waals surface area contributed by atoms with Crippen molar-refractivity contribution in [3.8, 4) is 0 Å². The van der Waals surface area contributed by atoms with Crippen LogP contribution < -0.4 is 10.6 Å². The van der Waals surface area contributed by atoms with E-state index in [0.717, 1.165) is 30.3 Å². The van der Waals surface area contributed by atoms with Crippen LogP contribution in [0.2, 0.25) is 0 Å². The van der Waals surface area contributed by atoms with E-state index in [-0.39, 0.29) is 11.9 Å². The lowest BCUT2D eigenvalue weighted by Gasteiger charge is -2.16. The second-order valence-corrected chi connectivity index (χ2v) is 5.46. The third-order valence-electron chi connectivity index (χ3n) is 3.41. The van der Waals surface area contributed by atoms with Gasteiger partial charge in [0.25, 0.3) is 5.91 Å².